The molecule has 0 aliphatic rings. The minimum Gasteiger partial charge on any atom is -0.356 e. The van der Waals surface area contributed by atoms with Gasteiger partial charge in [0.05, 0.1) is 24.1 Å². The van der Waals surface area contributed by atoms with E-state index in [1.807, 2.05) is 0 Å². The summed E-state index contributed by atoms with van der Waals surface area (Å²) in [5.74, 6) is -0.0538. The van der Waals surface area contributed by atoms with Crippen LogP contribution in [0.2, 0.25) is 0 Å². The maximum Gasteiger partial charge on any atom is 0.278 e. The molecular weight excluding hydrogens is 226 g/mol. The monoisotopic (exact) mass is 232 g/mol. The first-order valence-electron chi connectivity index (χ1n) is 4.06. The first-order chi connectivity index (χ1) is 7.10. The highest BCUT2D eigenvalue weighted by Crippen LogP contribution is 2.19. The van der Waals surface area contributed by atoms with Crippen LogP contribution in [0.1, 0.15) is 23.4 Å². The molecule has 0 aromatic carbocycles. The van der Waals surface area contributed by atoms with Gasteiger partial charge in [-0.05, 0) is 0 Å². The number of alkyl halides is 3. The van der Waals surface area contributed by atoms with Gasteiger partial charge in [-0.15, -0.1) is 11.6 Å². The Balaban J connectivity index is 3.37. The van der Waals surface area contributed by atoms with E-state index in [-0.39, 0.29) is 23.6 Å². The molecule has 0 aliphatic heterocycles. The van der Waals surface area contributed by atoms with Crippen LogP contribution in [0.4, 0.5) is 8.78 Å². The van der Waals surface area contributed by atoms with E-state index in [1.54, 1.807) is 6.07 Å². The molecule has 80 valence electrons. The van der Waals surface area contributed by atoms with Crippen LogP contribution >= 0.6 is 11.6 Å². The molecule has 0 atom stereocenters. The van der Waals surface area contributed by atoms with E-state index < -0.39 is 17.5 Å². The van der Waals surface area contributed by atoms with Gasteiger partial charge in [0.1, 0.15) is 0 Å². The minimum absolute atomic E-state index is 0.0538. The van der Waals surface area contributed by atoms with E-state index in [0.29, 0.717) is 0 Å². The highest BCUT2D eigenvalue weighted by molar-refractivity contribution is 6.16. The van der Waals surface area contributed by atoms with Gasteiger partial charge in [-0.1, -0.05) is 0 Å². The van der Waals surface area contributed by atoms with E-state index >= 15 is 0 Å². The topological polar surface area (TPSA) is 56.6 Å². The third-order valence-electron chi connectivity index (χ3n) is 1.84. The Labute approximate surface area is 89.3 Å². The summed E-state index contributed by atoms with van der Waals surface area (Å²) < 4.78 is 25.0. The molecule has 1 aromatic rings. The second-order valence-corrected chi connectivity index (χ2v) is 3.09. The number of nitriles is 1. The Morgan fingerprint density at radius 1 is 1.60 bits per heavy atom. The lowest BCUT2D eigenvalue weighted by molar-refractivity contribution is 0.144. The van der Waals surface area contributed by atoms with Crippen LogP contribution in [0.3, 0.4) is 0 Å². The third-order valence-corrected chi connectivity index (χ3v) is 2.13. The average Bonchev–Trinajstić information content (AvgIpc) is 2.20. The largest absolute Gasteiger partial charge is 0.356 e. The van der Waals surface area contributed by atoms with Gasteiger partial charge in [0.15, 0.2) is 5.43 Å². The molecule has 6 heteroatoms. The fourth-order valence-electron chi connectivity index (χ4n) is 1.18. The predicted molar refractivity (Wildman–Crippen MR) is 50.9 cm³/mol. The van der Waals surface area contributed by atoms with E-state index in [4.69, 9.17) is 16.9 Å². The summed E-state index contributed by atoms with van der Waals surface area (Å²) in [6, 6.07) is 2.80. The number of rotatable bonds is 3. The van der Waals surface area contributed by atoms with E-state index in [1.165, 1.54) is 0 Å². The lowest BCUT2D eigenvalue weighted by Gasteiger charge is -2.07. The van der Waals surface area contributed by atoms with Crippen LogP contribution in [0.25, 0.3) is 0 Å². The minimum atomic E-state index is -2.82. The molecule has 1 rings (SSSR count). The maximum absolute atomic E-state index is 12.5. The van der Waals surface area contributed by atoms with Crippen LogP contribution in [-0.4, -0.2) is 4.98 Å². The standard InChI is InChI=1S/C9H7ClF2N2O/c10-4-5-3-7(15)6(1-2-13)8(14-5)9(11)12/h3,9H,1,4H2,(H,14,15). The zero-order valence-electron chi connectivity index (χ0n) is 7.56. The van der Waals surface area contributed by atoms with Crippen LogP contribution < -0.4 is 5.43 Å². The number of aromatic amines is 1. The SMILES string of the molecule is N#CCc1c(C(F)F)[nH]c(CCl)cc1=O. The zero-order chi connectivity index (χ0) is 11.4. The van der Waals surface area contributed by atoms with Crippen LogP contribution in [0.5, 0.6) is 0 Å². The molecule has 0 radical (unpaired) electrons. The number of halogens is 3. The van der Waals surface area contributed by atoms with E-state index in [0.717, 1.165) is 6.07 Å². The Kier molecular flexibility index (Phi) is 3.81. The van der Waals surface area contributed by atoms with Crippen LogP contribution in [-0.2, 0) is 12.3 Å². The summed E-state index contributed by atoms with van der Waals surface area (Å²) in [6.07, 6.45) is -3.15. The van der Waals surface area contributed by atoms with Crippen molar-refractivity contribution in [1.29, 1.82) is 5.26 Å². The molecule has 1 heterocycles. The Bertz CT molecular complexity index is 450. The molecule has 0 amide bonds. The molecule has 1 aromatic heterocycles. The number of aromatic nitrogens is 1. The van der Waals surface area contributed by atoms with Gasteiger partial charge in [0.2, 0.25) is 0 Å². The second kappa shape index (κ2) is 4.89. The van der Waals surface area contributed by atoms with E-state index in [2.05, 4.69) is 4.98 Å². The third kappa shape index (κ3) is 2.54. The lowest BCUT2D eigenvalue weighted by atomic mass is 10.1. The fraction of sp³-hybridized carbons (Fsp3) is 0.333. The quantitative estimate of drug-likeness (QED) is 0.812. The second-order valence-electron chi connectivity index (χ2n) is 2.82. The van der Waals surface area contributed by atoms with Crippen molar-refractivity contribution in [3.63, 3.8) is 0 Å². The molecule has 3 nitrogen and oxygen atoms in total. The van der Waals surface area contributed by atoms with Crippen molar-refractivity contribution in [1.82, 2.24) is 4.98 Å². The highest BCUT2D eigenvalue weighted by Gasteiger charge is 2.17. The first kappa shape index (κ1) is 11.7. The van der Waals surface area contributed by atoms with E-state index in [9.17, 15) is 13.6 Å². The fourth-order valence-corrected chi connectivity index (χ4v) is 1.33. The van der Waals surface area contributed by atoms with Crippen LogP contribution in [0.15, 0.2) is 10.9 Å². The molecule has 0 saturated heterocycles. The normalized spacial score (nSPS) is 10.3. The Morgan fingerprint density at radius 2 is 2.27 bits per heavy atom. The Morgan fingerprint density at radius 3 is 2.73 bits per heavy atom. The maximum atomic E-state index is 12.5. The number of hydrogen-bond acceptors (Lipinski definition) is 2. The van der Waals surface area contributed by atoms with Gasteiger partial charge in [-0.25, -0.2) is 8.78 Å². The van der Waals surface area contributed by atoms with Crippen molar-refractivity contribution in [3.05, 3.63) is 33.2 Å². The average molecular weight is 233 g/mol. The summed E-state index contributed by atoms with van der Waals surface area (Å²) >= 11 is 5.42. The number of nitrogens with zero attached hydrogens (tertiary/aromatic N) is 1. The number of H-pyrrole nitrogens is 1. The van der Waals surface area contributed by atoms with Gasteiger partial charge in [0, 0.05) is 17.3 Å². The Hall–Kier alpha value is -1.41. The van der Waals surface area contributed by atoms with Crippen LogP contribution in [0, 0.1) is 11.3 Å². The molecular formula is C9H7ClF2N2O. The molecule has 0 unspecified atom stereocenters. The van der Waals surface area contributed by atoms with Crippen molar-refractivity contribution in [3.8, 4) is 6.07 Å². The van der Waals surface area contributed by atoms with Gasteiger partial charge in [-0.2, -0.15) is 5.26 Å². The molecule has 0 fully saturated rings. The number of hydrogen-bond donors (Lipinski definition) is 1. The van der Waals surface area contributed by atoms with Crippen molar-refractivity contribution < 1.29 is 8.78 Å². The predicted octanol–water partition coefficient (Wildman–Crippen LogP) is 2.12. The molecule has 15 heavy (non-hydrogen) atoms. The van der Waals surface area contributed by atoms with Crippen molar-refractivity contribution in [2.75, 3.05) is 0 Å². The molecule has 0 saturated carbocycles. The molecule has 0 spiro atoms. The summed E-state index contributed by atoms with van der Waals surface area (Å²) in [5, 5.41) is 8.40. The summed E-state index contributed by atoms with van der Waals surface area (Å²) in [6.45, 7) is 0. The van der Waals surface area contributed by atoms with Gasteiger partial charge < -0.3 is 4.98 Å². The molecule has 0 aliphatic carbocycles. The van der Waals surface area contributed by atoms with Gasteiger partial charge >= 0.3 is 0 Å². The summed E-state index contributed by atoms with van der Waals surface area (Å²) in [5.41, 5.74) is -1.07. The number of nitrogens with one attached hydrogen (secondary N) is 1. The summed E-state index contributed by atoms with van der Waals surface area (Å²) in [7, 11) is 0. The van der Waals surface area contributed by atoms with Gasteiger partial charge in [-0.3, -0.25) is 4.79 Å². The summed E-state index contributed by atoms with van der Waals surface area (Å²) in [4.78, 5) is 13.7. The first-order valence-corrected chi connectivity index (χ1v) is 4.59. The molecule has 0 bridgehead atoms. The van der Waals surface area contributed by atoms with Crippen molar-refractivity contribution in [2.24, 2.45) is 0 Å². The van der Waals surface area contributed by atoms with Crippen molar-refractivity contribution >= 4 is 11.6 Å². The number of pyridine rings is 1. The zero-order valence-corrected chi connectivity index (χ0v) is 8.31. The smallest absolute Gasteiger partial charge is 0.278 e. The molecule has 1 N–H and O–H groups in total. The lowest BCUT2D eigenvalue weighted by Crippen LogP contribution is -2.15. The van der Waals surface area contributed by atoms with Gasteiger partial charge in [0.25, 0.3) is 6.43 Å². The highest BCUT2D eigenvalue weighted by atomic mass is 35.5. The van der Waals surface area contributed by atoms with Crippen molar-refractivity contribution in [2.45, 2.75) is 18.7 Å².